The summed E-state index contributed by atoms with van der Waals surface area (Å²) < 4.78 is 15.1. The lowest BCUT2D eigenvalue weighted by Crippen LogP contribution is -1.99. The van der Waals surface area contributed by atoms with Gasteiger partial charge in [0.2, 0.25) is 12.2 Å². The standard InChI is InChI=1S/C11H10N2O4/c1-15-10-4-8(5-14)2-3-9(10)16-6-11-12-7-17-13-11/h2-5,7H,6H2,1H3. The van der Waals surface area contributed by atoms with Crippen molar-refractivity contribution in [1.29, 1.82) is 0 Å². The van der Waals surface area contributed by atoms with Crippen molar-refractivity contribution in [2.75, 3.05) is 7.11 Å². The Morgan fingerprint density at radius 1 is 1.41 bits per heavy atom. The molecule has 1 aromatic carbocycles. The Morgan fingerprint density at radius 3 is 2.94 bits per heavy atom. The Balaban J connectivity index is 2.12. The van der Waals surface area contributed by atoms with E-state index in [1.54, 1.807) is 18.2 Å². The van der Waals surface area contributed by atoms with E-state index in [0.717, 1.165) is 6.29 Å². The second kappa shape index (κ2) is 5.11. The van der Waals surface area contributed by atoms with E-state index in [-0.39, 0.29) is 6.61 Å². The molecular weight excluding hydrogens is 224 g/mol. The molecule has 0 N–H and O–H groups in total. The monoisotopic (exact) mass is 234 g/mol. The lowest BCUT2D eigenvalue weighted by atomic mass is 10.2. The quantitative estimate of drug-likeness (QED) is 0.729. The molecule has 0 fully saturated rings. The highest BCUT2D eigenvalue weighted by molar-refractivity contribution is 5.76. The zero-order valence-electron chi connectivity index (χ0n) is 9.12. The van der Waals surface area contributed by atoms with E-state index in [9.17, 15) is 4.79 Å². The number of hydrogen-bond donors (Lipinski definition) is 0. The summed E-state index contributed by atoms with van der Waals surface area (Å²) >= 11 is 0. The third-order valence-corrected chi connectivity index (χ3v) is 2.09. The van der Waals surface area contributed by atoms with E-state index in [2.05, 4.69) is 14.7 Å². The van der Waals surface area contributed by atoms with Crippen LogP contribution in [0.1, 0.15) is 16.2 Å². The zero-order valence-corrected chi connectivity index (χ0v) is 9.12. The molecule has 88 valence electrons. The van der Waals surface area contributed by atoms with E-state index >= 15 is 0 Å². The Morgan fingerprint density at radius 2 is 2.29 bits per heavy atom. The fraction of sp³-hybridized carbons (Fsp3) is 0.182. The number of methoxy groups -OCH3 is 1. The smallest absolute Gasteiger partial charge is 0.213 e. The summed E-state index contributed by atoms with van der Waals surface area (Å²) in [6, 6.07) is 4.89. The van der Waals surface area contributed by atoms with Gasteiger partial charge in [0.25, 0.3) is 0 Å². The molecule has 0 radical (unpaired) electrons. The van der Waals surface area contributed by atoms with Gasteiger partial charge in [-0.3, -0.25) is 4.79 Å². The van der Waals surface area contributed by atoms with Gasteiger partial charge in [0.1, 0.15) is 6.29 Å². The predicted octanol–water partition coefficient (Wildman–Crippen LogP) is 1.47. The minimum atomic E-state index is 0.174. The molecule has 2 aromatic rings. The maximum atomic E-state index is 10.6. The number of rotatable bonds is 5. The van der Waals surface area contributed by atoms with Crippen molar-refractivity contribution in [3.63, 3.8) is 0 Å². The minimum Gasteiger partial charge on any atom is -0.493 e. The highest BCUT2D eigenvalue weighted by Gasteiger charge is 2.07. The highest BCUT2D eigenvalue weighted by Crippen LogP contribution is 2.27. The molecule has 1 aromatic heterocycles. The molecule has 1 heterocycles. The van der Waals surface area contributed by atoms with E-state index in [1.807, 2.05) is 0 Å². The van der Waals surface area contributed by atoms with Crippen molar-refractivity contribution < 1.29 is 18.8 Å². The van der Waals surface area contributed by atoms with Crippen molar-refractivity contribution in [2.45, 2.75) is 6.61 Å². The van der Waals surface area contributed by atoms with E-state index in [1.165, 1.54) is 13.5 Å². The van der Waals surface area contributed by atoms with Crippen LogP contribution in [-0.2, 0) is 6.61 Å². The summed E-state index contributed by atoms with van der Waals surface area (Å²) in [6.07, 6.45) is 1.97. The van der Waals surface area contributed by atoms with Gasteiger partial charge >= 0.3 is 0 Å². The van der Waals surface area contributed by atoms with E-state index in [4.69, 9.17) is 9.47 Å². The first-order valence-corrected chi connectivity index (χ1v) is 4.84. The third kappa shape index (κ3) is 2.60. The average Bonchev–Trinajstić information content (AvgIpc) is 2.89. The molecule has 0 aliphatic carbocycles. The van der Waals surface area contributed by atoms with Crippen molar-refractivity contribution in [1.82, 2.24) is 10.1 Å². The SMILES string of the molecule is COc1cc(C=O)ccc1OCc1ncon1. The molecule has 2 rings (SSSR count). The van der Waals surface area contributed by atoms with E-state index in [0.29, 0.717) is 22.9 Å². The number of nitrogens with zero attached hydrogens (tertiary/aromatic N) is 2. The number of aromatic nitrogens is 2. The van der Waals surface area contributed by atoms with Crippen LogP contribution in [0.15, 0.2) is 29.1 Å². The van der Waals surface area contributed by atoms with Crippen molar-refractivity contribution in [3.8, 4) is 11.5 Å². The second-order valence-electron chi connectivity index (χ2n) is 3.16. The molecule has 0 spiro atoms. The molecule has 0 saturated carbocycles. The Bertz CT molecular complexity index is 496. The molecule has 17 heavy (non-hydrogen) atoms. The van der Waals surface area contributed by atoms with Gasteiger partial charge in [0.05, 0.1) is 7.11 Å². The van der Waals surface area contributed by atoms with Gasteiger partial charge in [-0.25, -0.2) is 0 Å². The van der Waals surface area contributed by atoms with Crippen molar-refractivity contribution >= 4 is 6.29 Å². The topological polar surface area (TPSA) is 74.5 Å². The average molecular weight is 234 g/mol. The summed E-state index contributed by atoms with van der Waals surface area (Å²) in [4.78, 5) is 14.4. The maximum absolute atomic E-state index is 10.6. The molecule has 0 amide bonds. The number of hydrogen-bond acceptors (Lipinski definition) is 6. The van der Waals surface area contributed by atoms with Gasteiger partial charge in [-0.05, 0) is 18.2 Å². The first kappa shape index (κ1) is 11.1. The number of benzene rings is 1. The Hall–Kier alpha value is -2.37. The summed E-state index contributed by atoms with van der Waals surface area (Å²) in [5.74, 6) is 1.44. The number of carbonyl (C=O) groups excluding carboxylic acids is 1. The molecule has 0 aliphatic heterocycles. The van der Waals surface area contributed by atoms with Crippen LogP contribution in [-0.4, -0.2) is 23.5 Å². The molecule has 6 nitrogen and oxygen atoms in total. The predicted molar refractivity (Wildman–Crippen MR) is 57.0 cm³/mol. The molecule has 0 atom stereocenters. The molecule has 0 saturated heterocycles. The van der Waals surface area contributed by atoms with Gasteiger partial charge in [0.15, 0.2) is 18.1 Å². The van der Waals surface area contributed by atoms with Crippen molar-refractivity contribution in [2.24, 2.45) is 0 Å². The van der Waals surface area contributed by atoms with Gasteiger partial charge in [-0.15, -0.1) is 0 Å². The van der Waals surface area contributed by atoms with E-state index < -0.39 is 0 Å². The first-order chi connectivity index (χ1) is 8.33. The number of carbonyl (C=O) groups is 1. The normalized spacial score (nSPS) is 9.94. The van der Waals surface area contributed by atoms with Crippen LogP contribution in [0.2, 0.25) is 0 Å². The molecule has 0 bridgehead atoms. The fourth-order valence-corrected chi connectivity index (χ4v) is 1.28. The third-order valence-electron chi connectivity index (χ3n) is 2.09. The lowest BCUT2D eigenvalue weighted by Gasteiger charge is -2.09. The number of aldehydes is 1. The minimum absolute atomic E-state index is 0.174. The van der Waals surface area contributed by atoms with Crippen LogP contribution in [0.25, 0.3) is 0 Å². The van der Waals surface area contributed by atoms with Crippen LogP contribution < -0.4 is 9.47 Å². The summed E-state index contributed by atoms with van der Waals surface area (Å²) in [7, 11) is 1.51. The van der Waals surface area contributed by atoms with Crippen LogP contribution in [0.5, 0.6) is 11.5 Å². The van der Waals surface area contributed by atoms with Gasteiger partial charge in [-0.2, -0.15) is 4.98 Å². The van der Waals surface area contributed by atoms with Gasteiger partial charge in [-0.1, -0.05) is 5.16 Å². The van der Waals surface area contributed by atoms with Crippen LogP contribution in [0, 0.1) is 0 Å². The lowest BCUT2D eigenvalue weighted by molar-refractivity contribution is 0.112. The summed E-state index contributed by atoms with van der Waals surface area (Å²) in [5, 5.41) is 3.61. The molecular formula is C11H10N2O4. The number of ether oxygens (including phenoxy) is 2. The highest BCUT2D eigenvalue weighted by atomic mass is 16.5. The first-order valence-electron chi connectivity index (χ1n) is 4.84. The van der Waals surface area contributed by atoms with Gasteiger partial charge < -0.3 is 14.0 Å². The van der Waals surface area contributed by atoms with Crippen LogP contribution in [0.3, 0.4) is 0 Å². The summed E-state index contributed by atoms with van der Waals surface area (Å²) in [5.41, 5.74) is 0.522. The van der Waals surface area contributed by atoms with Crippen LogP contribution in [0.4, 0.5) is 0 Å². The van der Waals surface area contributed by atoms with Crippen molar-refractivity contribution in [3.05, 3.63) is 36.0 Å². The maximum Gasteiger partial charge on any atom is 0.213 e. The zero-order chi connectivity index (χ0) is 12.1. The molecule has 6 heteroatoms. The van der Waals surface area contributed by atoms with Crippen LogP contribution >= 0.6 is 0 Å². The second-order valence-corrected chi connectivity index (χ2v) is 3.16. The van der Waals surface area contributed by atoms with Gasteiger partial charge in [0, 0.05) is 5.56 Å². The summed E-state index contributed by atoms with van der Waals surface area (Å²) in [6.45, 7) is 0.174. The fourth-order valence-electron chi connectivity index (χ4n) is 1.28. The molecule has 0 aliphatic rings. The largest absolute Gasteiger partial charge is 0.493 e. The molecule has 0 unspecified atom stereocenters. The Labute approximate surface area is 97.2 Å². The Kier molecular flexibility index (Phi) is 3.34.